The molecule has 0 N–H and O–H groups in total. The number of carbonyl (C=O) groups is 1. The van der Waals surface area contributed by atoms with Crippen LogP contribution >= 0.6 is 0 Å². The van der Waals surface area contributed by atoms with Gasteiger partial charge in [0.1, 0.15) is 6.61 Å². The van der Waals surface area contributed by atoms with Gasteiger partial charge in [-0.25, -0.2) is 0 Å². The normalized spacial score (nSPS) is 10.0. The summed E-state index contributed by atoms with van der Waals surface area (Å²) in [5, 5.41) is 0. The molecule has 0 bridgehead atoms. The van der Waals surface area contributed by atoms with Crippen molar-refractivity contribution in [2.24, 2.45) is 5.41 Å². The van der Waals surface area contributed by atoms with Crippen molar-refractivity contribution in [3.05, 3.63) is 17.9 Å². The van der Waals surface area contributed by atoms with Crippen LogP contribution in [0.4, 0.5) is 0 Å². The highest BCUT2D eigenvalue weighted by Gasteiger charge is 2.01. The first-order valence-corrected chi connectivity index (χ1v) is 3.97. The zero-order valence-corrected chi connectivity index (χ0v) is 8.18. The van der Waals surface area contributed by atoms with Crippen LogP contribution in [0.5, 0.6) is 0 Å². The van der Waals surface area contributed by atoms with Gasteiger partial charge in [-0.2, -0.15) is 0 Å². The van der Waals surface area contributed by atoms with E-state index in [2.05, 4.69) is 31.2 Å². The Morgan fingerprint density at radius 1 is 1.50 bits per heavy atom. The molecule has 2 nitrogen and oxygen atoms in total. The van der Waals surface area contributed by atoms with Crippen LogP contribution in [-0.4, -0.2) is 12.6 Å². The molecule has 0 unspecified atom stereocenters. The third-order valence-electron chi connectivity index (χ3n) is 1.00. The van der Waals surface area contributed by atoms with Gasteiger partial charge in [-0.15, -0.1) is 5.73 Å². The second-order valence-corrected chi connectivity index (χ2v) is 3.68. The van der Waals surface area contributed by atoms with E-state index in [-0.39, 0.29) is 11.4 Å². The minimum Gasteiger partial charge on any atom is -0.461 e. The molecule has 0 aromatic carbocycles. The molecule has 68 valence electrons. The zero-order valence-electron chi connectivity index (χ0n) is 8.18. The average molecular weight is 168 g/mol. The van der Waals surface area contributed by atoms with Gasteiger partial charge in [0.05, 0.1) is 0 Å². The Hall–Kier alpha value is -1.01. The molecule has 12 heavy (non-hydrogen) atoms. The molecule has 0 radical (unpaired) electrons. The van der Waals surface area contributed by atoms with Crippen LogP contribution in [0.25, 0.3) is 0 Å². The van der Waals surface area contributed by atoms with Gasteiger partial charge in [-0.05, 0) is 17.6 Å². The fourth-order valence-electron chi connectivity index (χ4n) is 0.516. The third-order valence-corrected chi connectivity index (χ3v) is 1.00. The minimum atomic E-state index is -0.260. The second kappa shape index (κ2) is 4.78. The molecule has 0 amide bonds. The number of carbonyl (C=O) groups excluding carboxylic acids is 1. The van der Waals surface area contributed by atoms with E-state index in [1.807, 2.05) is 6.08 Å². The van der Waals surface area contributed by atoms with Crippen molar-refractivity contribution in [1.82, 2.24) is 0 Å². The number of ether oxygens (including phenoxy) is 1. The molecule has 0 saturated carbocycles. The first-order chi connectivity index (χ1) is 5.42. The summed E-state index contributed by atoms with van der Waals surface area (Å²) in [4.78, 5) is 10.3. The average Bonchev–Trinajstić information content (AvgIpc) is 1.83. The molecule has 0 aliphatic carbocycles. The summed E-state index contributed by atoms with van der Waals surface area (Å²) in [5.41, 5.74) is 3.09. The number of hydrogen-bond donors (Lipinski definition) is 0. The van der Waals surface area contributed by atoms with Crippen molar-refractivity contribution in [3.63, 3.8) is 0 Å². The molecule has 0 aliphatic heterocycles. The summed E-state index contributed by atoms with van der Waals surface area (Å²) < 4.78 is 4.68. The fourth-order valence-corrected chi connectivity index (χ4v) is 0.516. The lowest BCUT2D eigenvalue weighted by Crippen LogP contribution is -1.98. The Morgan fingerprint density at radius 2 is 2.08 bits per heavy atom. The van der Waals surface area contributed by atoms with E-state index in [1.54, 1.807) is 6.08 Å². The van der Waals surface area contributed by atoms with E-state index in [0.29, 0.717) is 6.61 Å². The quantitative estimate of drug-likeness (QED) is 0.467. The minimum absolute atomic E-state index is 0.132. The number of rotatable bonds is 2. The van der Waals surface area contributed by atoms with Crippen molar-refractivity contribution in [2.75, 3.05) is 6.61 Å². The van der Waals surface area contributed by atoms with Crippen molar-refractivity contribution >= 4 is 5.97 Å². The summed E-state index contributed by atoms with van der Waals surface area (Å²) in [6.07, 6.45) is 3.64. The van der Waals surface area contributed by atoms with Crippen LogP contribution in [0, 0.1) is 5.41 Å². The molecule has 2 heteroatoms. The lowest BCUT2D eigenvalue weighted by atomic mass is 9.97. The summed E-state index contributed by atoms with van der Waals surface area (Å²) in [6, 6.07) is 0. The molecule has 0 aliphatic rings. The summed E-state index contributed by atoms with van der Waals surface area (Å²) in [7, 11) is 0. The molecule has 0 aromatic rings. The number of hydrogen-bond acceptors (Lipinski definition) is 2. The number of esters is 1. The topological polar surface area (TPSA) is 26.3 Å². The highest BCUT2D eigenvalue weighted by atomic mass is 16.5. The molecule has 0 fully saturated rings. The van der Waals surface area contributed by atoms with E-state index in [0.717, 1.165) is 0 Å². The van der Waals surface area contributed by atoms with Gasteiger partial charge in [-0.1, -0.05) is 20.8 Å². The molecule has 0 saturated heterocycles. The van der Waals surface area contributed by atoms with Crippen molar-refractivity contribution in [3.8, 4) is 0 Å². The van der Waals surface area contributed by atoms with Crippen LogP contribution in [-0.2, 0) is 9.53 Å². The van der Waals surface area contributed by atoms with Gasteiger partial charge in [0.15, 0.2) is 0 Å². The largest absolute Gasteiger partial charge is 0.461 e. The predicted octanol–water partition coefficient (Wildman–Crippen LogP) is 2.31. The molecule has 0 aromatic heterocycles. The van der Waals surface area contributed by atoms with E-state index in [4.69, 9.17) is 0 Å². The maximum Gasteiger partial charge on any atom is 0.302 e. The van der Waals surface area contributed by atoms with Gasteiger partial charge >= 0.3 is 5.97 Å². The van der Waals surface area contributed by atoms with Crippen LogP contribution in [0.15, 0.2) is 17.9 Å². The highest BCUT2D eigenvalue weighted by Crippen LogP contribution is 2.12. The Labute approximate surface area is 73.9 Å². The SMILES string of the molecule is CC(=O)OCC=C=CC(C)(C)C. The van der Waals surface area contributed by atoms with Crippen molar-refractivity contribution in [1.29, 1.82) is 0 Å². The Kier molecular flexibility index (Phi) is 4.38. The lowest BCUT2D eigenvalue weighted by Gasteiger charge is -2.08. The van der Waals surface area contributed by atoms with Crippen molar-refractivity contribution < 1.29 is 9.53 Å². The molecule has 0 heterocycles. The van der Waals surface area contributed by atoms with Gasteiger partial charge in [0.2, 0.25) is 0 Å². The molecule has 0 spiro atoms. The van der Waals surface area contributed by atoms with Crippen molar-refractivity contribution in [2.45, 2.75) is 27.7 Å². The van der Waals surface area contributed by atoms with Gasteiger partial charge in [0.25, 0.3) is 0 Å². The maximum atomic E-state index is 10.3. The summed E-state index contributed by atoms with van der Waals surface area (Å²) in [6.45, 7) is 7.95. The van der Waals surface area contributed by atoms with E-state index in [9.17, 15) is 4.79 Å². The van der Waals surface area contributed by atoms with Gasteiger partial charge in [0, 0.05) is 6.92 Å². The van der Waals surface area contributed by atoms with E-state index in [1.165, 1.54) is 6.92 Å². The van der Waals surface area contributed by atoms with Crippen LogP contribution in [0.3, 0.4) is 0 Å². The van der Waals surface area contributed by atoms with Crippen LogP contribution < -0.4 is 0 Å². The third kappa shape index (κ3) is 8.99. The Morgan fingerprint density at radius 3 is 2.50 bits per heavy atom. The molecule has 0 atom stereocenters. The summed E-state index contributed by atoms with van der Waals surface area (Å²) >= 11 is 0. The Balaban J connectivity index is 3.76. The van der Waals surface area contributed by atoms with Crippen LogP contribution in [0.1, 0.15) is 27.7 Å². The fraction of sp³-hybridized carbons (Fsp3) is 0.600. The molecular weight excluding hydrogens is 152 g/mol. The maximum absolute atomic E-state index is 10.3. The first-order valence-electron chi connectivity index (χ1n) is 3.97. The standard InChI is InChI=1S/C10H16O2/c1-9(11)12-8-6-5-7-10(2,3)4/h6-7H,8H2,1-4H3. The monoisotopic (exact) mass is 168 g/mol. The smallest absolute Gasteiger partial charge is 0.302 e. The lowest BCUT2D eigenvalue weighted by molar-refractivity contribution is -0.139. The highest BCUT2D eigenvalue weighted by molar-refractivity contribution is 5.65. The molecule has 0 rings (SSSR count). The zero-order chi connectivity index (χ0) is 9.61. The second-order valence-electron chi connectivity index (χ2n) is 3.68. The van der Waals surface area contributed by atoms with Gasteiger partial charge < -0.3 is 4.74 Å². The van der Waals surface area contributed by atoms with E-state index >= 15 is 0 Å². The van der Waals surface area contributed by atoms with E-state index < -0.39 is 0 Å². The Bertz CT molecular complexity index is 202. The first kappa shape index (κ1) is 11.0. The van der Waals surface area contributed by atoms with Gasteiger partial charge in [-0.3, -0.25) is 4.79 Å². The molecular formula is C10H16O2. The summed E-state index contributed by atoms with van der Waals surface area (Å²) in [5.74, 6) is -0.260. The predicted molar refractivity (Wildman–Crippen MR) is 48.7 cm³/mol. The van der Waals surface area contributed by atoms with Crippen LogP contribution in [0.2, 0.25) is 0 Å².